The van der Waals surface area contributed by atoms with Crippen molar-refractivity contribution in [1.82, 2.24) is 10.2 Å². The second-order valence-corrected chi connectivity index (χ2v) is 6.47. The summed E-state index contributed by atoms with van der Waals surface area (Å²) in [6.45, 7) is 3.90. The predicted octanol–water partition coefficient (Wildman–Crippen LogP) is 3.61. The van der Waals surface area contributed by atoms with Crippen LogP contribution in [0.25, 0.3) is 0 Å². The Bertz CT molecular complexity index is 571. The lowest BCUT2D eigenvalue weighted by Crippen LogP contribution is -1.92. The van der Waals surface area contributed by atoms with Gasteiger partial charge in [-0.15, -0.1) is 10.2 Å². The van der Waals surface area contributed by atoms with E-state index in [1.807, 2.05) is 19.9 Å². The fourth-order valence-electron chi connectivity index (χ4n) is 1.44. The number of hydrogen-bond donors (Lipinski definition) is 0. The smallest absolute Gasteiger partial charge is 0.258 e. The van der Waals surface area contributed by atoms with Crippen LogP contribution in [0.1, 0.15) is 22.7 Å². The first-order chi connectivity index (χ1) is 8.56. The number of hydrogen-bond acceptors (Lipinski definition) is 6. The molecule has 2 rings (SSSR count). The number of non-ortho nitro benzene ring substituents is 1. The molecule has 1 aromatic heterocycles. The quantitative estimate of drug-likeness (QED) is 0.486. The van der Waals surface area contributed by atoms with Crippen LogP contribution in [-0.4, -0.2) is 15.1 Å². The van der Waals surface area contributed by atoms with Crippen molar-refractivity contribution in [2.75, 3.05) is 0 Å². The van der Waals surface area contributed by atoms with E-state index < -0.39 is 0 Å². The van der Waals surface area contributed by atoms with Gasteiger partial charge in [0.2, 0.25) is 0 Å². The Kier molecular flexibility index (Phi) is 3.93. The Morgan fingerprint density at radius 2 is 2.22 bits per heavy atom. The van der Waals surface area contributed by atoms with Gasteiger partial charge in [0.1, 0.15) is 5.01 Å². The molecule has 1 atom stereocenters. The Morgan fingerprint density at radius 3 is 2.83 bits per heavy atom. The number of nitro benzene ring substituents is 1. The third kappa shape index (κ3) is 3.05. The normalized spacial score (nSPS) is 12.3. The molecule has 1 aromatic carbocycles. The van der Waals surface area contributed by atoms with Gasteiger partial charge in [0, 0.05) is 17.4 Å². The van der Waals surface area contributed by atoms with E-state index in [-0.39, 0.29) is 15.9 Å². The molecule has 7 heteroatoms. The van der Waals surface area contributed by atoms with Crippen molar-refractivity contribution < 1.29 is 4.92 Å². The summed E-state index contributed by atoms with van der Waals surface area (Å²) >= 11 is 3.09. The largest absolute Gasteiger partial charge is 0.269 e. The summed E-state index contributed by atoms with van der Waals surface area (Å²) < 4.78 is 0.881. The van der Waals surface area contributed by atoms with Gasteiger partial charge in [0.05, 0.1) is 4.92 Å². The van der Waals surface area contributed by atoms with E-state index >= 15 is 0 Å². The van der Waals surface area contributed by atoms with Gasteiger partial charge in [-0.1, -0.05) is 35.2 Å². The standard InChI is InChI=1S/C11H11N3O2S2/c1-7(17-11-13-12-8(2)18-11)9-4-3-5-10(6-9)14(15)16/h3-7H,1-2H3. The molecule has 1 heterocycles. The lowest BCUT2D eigenvalue weighted by molar-refractivity contribution is -0.384. The summed E-state index contributed by atoms with van der Waals surface area (Å²) in [5, 5.41) is 19.7. The summed E-state index contributed by atoms with van der Waals surface area (Å²) in [6.07, 6.45) is 0. The molecule has 0 saturated carbocycles. The molecule has 5 nitrogen and oxygen atoms in total. The number of thioether (sulfide) groups is 1. The summed E-state index contributed by atoms with van der Waals surface area (Å²) in [4.78, 5) is 10.3. The highest BCUT2D eigenvalue weighted by Crippen LogP contribution is 2.36. The van der Waals surface area contributed by atoms with Crippen molar-refractivity contribution in [2.45, 2.75) is 23.4 Å². The molecule has 0 spiro atoms. The second-order valence-electron chi connectivity index (χ2n) is 3.70. The van der Waals surface area contributed by atoms with Gasteiger partial charge < -0.3 is 0 Å². The minimum Gasteiger partial charge on any atom is -0.258 e. The van der Waals surface area contributed by atoms with Gasteiger partial charge in [-0.25, -0.2) is 0 Å². The fraction of sp³-hybridized carbons (Fsp3) is 0.273. The van der Waals surface area contributed by atoms with Crippen LogP contribution in [0.15, 0.2) is 28.6 Å². The maximum absolute atomic E-state index is 10.7. The van der Waals surface area contributed by atoms with Gasteiger partial charge in [-0.2, -0.15) is 0 Å². The van der Waals surface area contributed by atoms with Crippen molar-refractivity contribution in [3.8, 4) is 0 Å². The van der Waals surface area contributed by atoms with Gasteiger partial charge in [0.15, 0.2) is 4.34 Å². The zero-order chi connectivity index (χ0) is 13.1. The van der Waals surface area contributed by atoms with Crippen molar-refractivity contribution in [1.29, 1.82) is 0 Å². The molecule has 94 valence electrons. The van der Waals surface area contributed by atoms with Gasteiger partial charge in [0.25, 0.3) is 5.69 Å². The van der Waals surface area contributed by atoms with E-state index in [2.05, 4.69) is 10.2 Å². The van der Waals surface area contributed by atoms with Crippen molar-refractivity contribution in [3.05, 3.63) is 45.0 Å². The van der Waals surface area contributed by atoms with Crippen LogP contribution >= 0.6 is 23.1 Å². The number of rotatable bonds is 4. The Morgan fingerprint density at radius 1 is 1.44 bits per heavy atom. The summed E-state index contributed by atoms with van der Waals surface area (Å²) in [5.74, 6) is 0. The van der Waals surface area contributed by atoms with E-state index in [1.165, 1.54) is 17.4 Å². The van der Waals surface area contributed by atoms with E-state index in [1.54, 1.807) is 23.9 Å². The molecule has 18 heavy (non-hydrogen) atoms. The Hall–Kier alpha value is -1.47. The number of benzene rings is 1. The zero-order valence-corrected chi connectivity index (χ0v) is 11.5. The first-order valence-corrected chi connectivity index (χ1v) is 6.97. The highest BCUT2D eigenvalue weighted by molar-refractivity contribution is 8.01. The van der Waals surface area contributed by atoms with Gasteiger partial charge >= 0.3 is 0 Å². The predicted molar refractivity (Wildman–Crippen MR) is 72.0 cm³/mol. The van der Waals surface area contributed by atoms with E-state index in [9.17, 15) is 10.1 Å². The highest BCUT2D eigenvalue weighted by Gasteiger charge is 2.13. The number of aromatic nitrogens is 2. The molecule has 0 saturated heterocycles. The molecule has 0 fully saturated rings. The molecular formula is C11H11N3O2S2. The highest BCUT2D eigenvalue weighted by atomic mass is 32.2. The number of nitro groups is 1. The molecule has 0 radical (unpaired) electrons. The van der Waals surface area contributed by atoms with Crippen LogP contribution in [0.3, 0.4) is 0 Å². The third-order valence-electron chi connectivity index (χ3n) is 2.34. The average Bonchev–Trinajstić information content (AvgIpc) is 2.75. The second kappa shape index (κ2) is 5.45. The van der Waals surface area contributed by atoms with Crippen molar-refractivity contribution in [3.63, 3.8) is 0 Å². The zero-order valence-electron chi connectivity index (χ0n) is 9.86. The molecule has 0 amide bonds. The SMILES string of the molecule is Cc1nnc(SC(C)c2cccc([N+](=O)[O-])c2)s1. The van der Waals surface area contributed by atoms with Crippen LogP contribution in [0, 0.1) is 17.0 Å². The maximum Gasteiger partial charge on any atom is 0.269 e. The third-order valence-corrected chi connectivity index (χ3v) is 4.42. The molecule has 0 aliphatic carbocycles. The van der Waals surface area contributed by atoms with Crippen LogP contribution in [0.5, 0.6) is 0 Å². The molecule has 2 aromatic rings. The van der Waals surface area contributed by atoms with E-state index in [0.29, 0.717) is 0 Å². The fourth-order valence-corrected chi connectivity index (χ4v) is 3.51. The lowest BCUT2D eigenvalue weighted by Gasteiger charge is -2.08. The van der Waals surface area contributed by atoms with Crippen LogP contribution in [0.4, 0.5) is 5.69 Å². The topological polar surface area (TPSA) is 68.9 Å². The Balaban J connectivity index is 2.15. The molecular weight excluding hydrogens is 270 g/mol. The van der Waals surface area contributed by atoms with Crippen LogP contribution in [-0.2, 0) is 0 Å². The summed E-state index contributed by atoms with van der Waals surface area (Å²) in [6, 6.07) is 6.69. The first kappa shape index (κ1) is 13.0. The monoisotopic (exact) mass is 281 g/mol. The Labute approximate surface area is 112 Å². The number of nitrogens with zero attached hydrogens (tertiary/aromatic N) is 3. The first-order valence-electron chi connectivity index (χ1n) is 5.27. The van der Waals surface area contributed by atoms with E-state index in [4.69, 9.17) is 0 Å². The maximum atomic E-state index is 10.7. The van der Waals surface area contributed by atoms with Crippen molar-refractivity contribution in [2.24, 2.45) is 0 Å². The molecule has 1 unspecified atom stereocenters. The van der Waals surface area contributed by atoms with Crippen molar-refractivity contribution >= 4 is 28.8 Å². The summed E-state index contributed by atoms with van der Waals surface area (Å²) in [7, 11) is 0. The molecule has 0 aliphatic heterocycles. The van der Waals surface area contributed by atoms with Gasteiger partial charge in [-0.3, -0.25) is 10.1 Å². The minimum atomic E-state index is -0.379. The average molecular weight is 281 g/mol. The lowest BCUT2D eigenvalue weighted by atomic mass is 10.1. The number of aryl methyl sites for hydroxylation is 1. The van der Waals surface area contributed by atoms with E-state index in [0.717, 1.165) is 14.9 Å². The molecule has 0 bridgehead atoms. The van der Waals surface area contributed by atoms with Crippen LogP contribution < -0.4 is 0 Å². The molecule has 0 N–H and O–H groups in total. The summed E-state index contributed by atoms with van der Waals surface area (Å²) in [5.41, 5.74) is 1.04. The van der Waals surface area contributed by atoms with Gasteiger partial charge in [-0.05, 0) is 19.4 Å². The van der Waals surface area contributed by atoms with Crippen LogP contribution in [0.2, 0.25) is 0 Å². The minimum absolute atomic E-state index is 0.109. The molecule has 0 aliphatic rings.